The van der Waals surface area contributed by atoms with Gasteiger partial charge in [-0.1, -0.05) is 19.9 Å². The van der Waals surface area contributed by atoms with Gasteiger partial charge in [0.25, 0.3) is 5.91 Å². The summed E-state index contributed by atoms with van der Waals surface area (Å²) in [5, 5.41) is 4.51. The van der Waals surface area contributed by atoms with Crippen molar-refractivity contribution in [3.05, 3.63) is 41.7 Å². The Labute approximate surface area is 137 Å². The van der Waals surface area contributed by atoms with E-state index in [2.05, 4.69) is 18.9 Å². The molecule has 23 heavy (non-hydrogen) atoms. The van der Waals surface area contributed by atoms with E-state index >= 15 is 0 Å². The number of benzene rings is 1. The van der Waals surface area contributed by atoms with E-state index in [1.807, 2.05) is 42.2 Å². The molecule has 5 nitrogen and oxygen atoms in total. The molecule has 0 saturated heterocycles. The van der Waals surface area contributed by atoms with Crippen molar-refractivity contribution in [1.29, 1.82) is 0 Å². The van der Waals surface area contributed by atoms with Gasteiger partial charge in [0.05, 0.1) is 12.8 Å². The zero-order valence-electron chi connectivity index (χ0n) is 14.4. The molecule has 1 heterocycles. The summed E-state index contributed by atoms with van der Waals surface area (Å²) in [5.41, 5.74) is 2.31. The molecule has 0 N–H and O–H groups in total. The summed E-state index contributed by atoms with van der Waals surface area (Å²) >= 11 is 0. The normalized spacial score (nSPS) is 10.6. The molecular formula is C18H25N3O2. The first-order chi connectivity index (χ1) is 11.1. The highest BCUT2D eigenvalue weighted by Crippen LogP contribution is 2.18. The minimum absolute atomic E-state index is 0.00144. The van der Waals surface area contributed by atoms with Crippen molar-refractivity contribution in [2.45, 2.75) is 33.6 Å². The molecule has 0 aliphatic carbocycles. The number of amides is 1. The van der Waals surface area contributed by atoms with Crippen LogP contribution in [0.25, 0.3) is 5.69 Å². The van der Waals surface area contributed by atoms with Crippen molar-refractivity contribution >= 4 is 5.91 Å². The number of hydrogen-bond donors (Lipinski definition) is 0. The van der Waals surface area contributed by atoms with Gasteiger partial charge in [0.2, 0.25) is 0 Å². The zero-order valence-corrected chi connectivity index (χ0v) is 14.4. The number of carbonyl (C=O) groups is 1. The summed E-state index contributed by atoms with van der Waals surface area (Å²) in [6.45, 7) is 7.63. The summed E-state index contributed by atoms with van der Waals surface area (Å²) in [6, 6.07) is 9.51. The molecule has 2 rings (SSSR count). The van der Waals surface area contributed by atoms with Crippen molar-refractivity contribution in [2.24, 2.45) is 0 Å². The molecule has 0 aliphatic heterocycles. The second-order valence-electron chi connectivity index (χ2n) is 5.58. The van der Waals surface area contributed by atoms with Crippen LogP contribution in [0.2, 0.25) is 0 Å². The van der Waals surface area contributed by atoms with E-state index in [-0.39, 0.29) is 5.91 Å². The maximum Gasteiger partial charge on any atom is 0.274 e. The number of nitrogens with zero attached hydrogens (tertiary/aromatic N) is 3. The molecule has 1 aromatic carbocycles. The molecule has 124 valence electrons. The molecule has 0 fully saturated rings. The van der Waals surface area contributed by atoms with Gasteiger partial charge in [-0.25, -0.2) is 4.68 Å². The van der Waals surface area contributed by atoms with E-state index in [0.717, 1.165) is 43.1 Å². The first-order valence-electron chi connectivity index (χ1n) is 8.11. The number of methoxy groups -OCH3 is 1. The molecule has 0 saturated carbocycles. The highest BCUT2D eigenvalue weighted by Gasteiger charge is 2.19. The Morgan fingerprint density at radius 2 is 1.91 bits per heavy atom. The van der Waals surface area contributed by atoms with Crippen molar-refractivity contribution in [3.8, 4) is 11.4 Å². The first-order valence-corrected chi connectivity index (χ1v) is 8.11. The van der Waals surface area contributed by atoms with Crippen LogP contribution < -0.4 is 4.74 Å². The summed E-state index contributed by atoms with van der Waals surface area (Å²) in [4.78, 5) is 14.5. The van der Waals surface area contributed by atoms with Crippen LogP contribution in [0.4, 0.5) is 0 Å². The van der Waals surface area contributed by atoms with E-state index in [1.54, 1.807) is 11.8 Å². The minimum Gasteiger partial charge on any atom is -0.497 e. The number of ether oxygens (including phenoxy) is 1. The van der Waals surface area contributed by atoms with Gasteiger partial charge in [0.15, 0.2) is 5.69 Å². The van der Waals surface area contributed by atoms with Crippen LogP contribution in [0.15, 0.2) is 30.3 Å². The number of rotatable bonds is 7. The second-order valence-corrected chi connectivity index (χ2v) is 5.58. The Morgan fingerprint density at radius 3 is 2.52 bits per heavy atom. The number of carbonyl (C=O) groups excluding carboxylic acids is 1. The van der Waals surface area contributed by atoms with Crippen LogP contribution in [0.1, 0.15) is 42.9 Å². The van der Waals surface area contributed by atoms with E-state index in [4.69, 9.17) is 4.74 Å². The van der Waals surface area contributed by atoms with Gasteiger partial charge >= 0.3 is 0 Å². The summed E-state index contributed by atoms with van der Waals surface area (Å²) in [5.74, 6) is 0.766. The lowest BCUT2D eigenvalue weighted by atomic mass is 10.3. The number of aryl methyl sites for hydroxylation is 1. The summed E-state index contributed by atoms with van der Waals surface area (Å²) in [6.07, 6.45) is 1.89. The van der Waals surface area contributed by atoms with Crippen molar-refractivity contribution in [1.82, 2.24) is 14.7 Å². The molecule has 5 heteroatoms. The lowest BCUT2D eigenvalue weighted by molar-refractivity contribution is 0.0749. The van der Waals surface area contributed by atoms with Gasteiger partial charge in [-0.3, -0.25) is 4.79 Å². The topological polar surface area (TPSA) is 47.4 Å². The molecule has 0 aliphatic rings. The van der Waals surface area contributed by atoms with Crippen molar-refractivity contribution in [2.75, 3.05) is 20.2 Å². The van der Waals surface area contributed by atoms with E-state index < -0.39 is 0 Å². The lowest BCUT2D eigenvalue weighted by Gasteiger charge is -2.20. The Morgan fingerprint density at radius 1 is 1.22 bits per heavy atom. The van der Waals surface area contributed by atoms with E-state index in [9.17, 15) is 4.79 Å². The Balaban J connectivity index is 2.31. The van der Waals surface area contributed by atoms with Gasteiger partial charge in [-0.2, -0.15) is 5.10 Å². The maximum atomic E-state index is 12.7. The minimum atomic E-state index is -0.00144. The van der Waals surface area contributed by atoms with Gasteiger partial charge in [0.1, 0.15) is 5.75 Å². The fourth-order valence-electron chi connectivity index (χ4n) is 2.60. The standard InChI is InChI=1S/C18H25N3O2/c1-5-10-20(11-6-2)18(22)17-12-14(3)21(19-17)15-8-7-9-16(13-15)23-4/h7-9,12-13H,5-6,10-11H2,1-4H3. The molecule has 1 aromatic heterocycles. The van der Waals surface area contributed by atoms with E-state index in [1.165, 1.54) is 0 Å². The zero-order chi connectivity index (χ0) is 16.8. The average Bonchev–Trinajstić information content (AvgIpc) is 2.96. The second kappa shape index (κ2) is 7.81. The molecular weight excluding hydrogens is 290 g/mol. The highest BCUT2D eigenvalue weighted by atomic mass is 16.5. The van der Waals surface area contributed by atoms with Crippen LogP contribution in [0, 0.1) is 6.92 Å². The van der Waals surface area contributed by atoms with Crippen LogP contribution in [0.5, 0.6) is 5.75 Å². The highest BCUT2D eigenvalue weighted by molar-refractivity contribution is 5.92. The molecule has 1 amide bonds. The van der Waals surface area contributed by atoms with Gasteiger partial charge in [0, 0.05) is 24.8 Å². The van der Waals surface area contributed by atoms with Gasteiger partial charge in [-0.15, -0.1) is 0 Å². The number of hydrogen-bond acceptors (Lipinski definition) is 3. The van der Waals surface area contributed by atoms with Crippen LogP contribution in [0.3, 0.4) is 0 Å². The SMILES string of the molecule is CCCN(CCC)C(=O)c1cc(C)n(-c2cccc(OC)c2)n1. The maximum absolute atomic E-state index is 12.7. The van der Waals surface area contributed by atoms with Crippen LogP contribution in [-0.2, 0) is 0 Å². The third kappa shape index (κ3) is 3.92. The van der Waals surface area contributed by atoms with Crippen LogP contribution >= 0.6 is 0 Å². The summed E-state index contributed by atoms with van der Waals surface area (Å²) < 4.78 is 7.04. The Bertz CT molecular complexity index is 658. The molecule has 0 bridgehead atoms. The third-order valence-corrected chi connectivity index (χ3v) is 3.68. The summed E-state index contributed by atoms with van der Waals surface area (Å²) in [7, 11) is 1.64. The monoisotopic (exact) mass is 315 g/mol. The quantitative estimate of drug-likeness (QED) is 0.786. The average molecular weight is 315 g/mol. The van der Waals surface area contributed by atoms with E-state index in [0.29, 0.717) is 5.69 Å². The molecule has 0 unspecified atom stereocenters. The Kier molecular flexibility index (Phi) is 5.79. The third-order valence-electron chi connectivity index (χ3n) is 3.68. The molecule has 0 radical (unpaired) electrons. The predicted molar refractivity (Wildman–Crippen MR) is 91.3 cm³/mol. The molecule has 0 atom stereocenters. The van der Waals surface area contributed by atoms with Crippen molar-refractivity contribution < 1.29 is 9.53 Å². The predicted octanol–water partition coefficient (Wildman–Crippen LogP) is 3.45. The molecule has 0 spiro atoms. The smallest absolute Gasteiger partial charge is 0.274 e. The van der Waals surface area contributed by atoms with Gasteiger partial charge in [-0.05, 0) is 38.0 Å². The number of aromatic nitrogens is 2. The van der Waals surface area contributed by atoms with Crippen LogP contribution in [-0.4, -0.2) is 40.8 Å². The fourth-order valence-corrected chi connectivity index (χ4v) is 2.60. The molecule has 2 aromatic rings. The Hall–Kier alpha value is -2.30. The largest absolute Gasteiger partial charge is 0.497 e. The first kappa shape index (κ1) is 17.1. The fraction of sp³-hybridized carbons (Fsp3) is 0.444. The van der Waals surface area contributed by atoms with Gasteiger partial charge < -0.3 is 9.64 Å². The van der Waals surface area contributed by atoms with Crippen molar-refractivity contribution in [3.63, 3.8) is 0 Å². The lowest BCUT2D eigenvalue weighted by Crippen LogP contribution is -2.32.